The monoisotopic (exact) mass is 289 g/mol. The van der Waals surface area contributed by atoms with Crippen molar-refractivity contribution in [2.75, 3.05) is 19.8 Å². The van der Waals surface area contributed by atoms with Crippen LogP contribution in [0, 0.1) is 0 Å². The second-order valence-electron chi connectivity index (χ2n) is 3.58. The zero-order chi connectivity index (χ0) is 14.5. The Bertz CT molecular complexity index is 554. The highest BCUT2D eigenvalue weighted by Crippen LogP contribution is 2.21. The van der Waals surface area contributed by atoms with Gasteiger partial charge in [-0.3, -0.25) is 0 Å². The Hall–Kier alpha value is -1.64. The van der Waals surface area contributed by atoms with E-state index in [0.717, 1.165) is 18.2 Å². The molecule has 0 atom stereocenters. The molecule has 8 heteroatoms. The van der Waals surface area contributed by atoms with E-state index >= 15 is 0 Å². The highest BCUT2D eigenvalue weighted by molar-refractivity contribution is 7.89. The maximum absolute atomic E-state index is 11.8. The summed E-state index contributed by atoms with van der Waals surface area (Å²) in [6, 6.07) is 3.06. The molecule has 1 rings (SSSR count). The van der Waals surface area contributed by atoms with Crippen LogP contribution in [0.1, 0.15) is 17.3 Å². The van der Waals surface area contributed by atoms with E-state index in [4.69, 9.17) is 9.84 Å². The summed E-state index contributed by atoms with van der Waals surface area (Å²) < 4.78 is 30.9. The normalized spacial score (nSPS) is 11.4. The Morgan fingerprint density at radius 2 is 2.11 bits per heavy atom. The molecule has 0 fully saturated rings. The van der Waals surface area contributed by atoms with E-state index in [-0.39, 0.29) is 18.0 Å². The number of carbonyl (C=O) groups is 1. The predicted octanol–water partition coefficient (Wildman–Crippen LogP) is 0.405. The number of carboxylic acid groups (broad SMARTS) is 1. The summed E-state index contributed by atoms with van der Waals surface area (Å²) in [5.74, 6) is -1.88. The largest absolute Gasteiger partial charge is 0.507 e. The third-order valence-corrected chi connectivity index (χ3v) is 3.71. The minimum absolute atomic E-state index is 0.0828. The standard InChI is InChI=1S/C11H15NO6S/c1-2-18-6-5-12-19(16,17)8-3-4-10(13)9(7-8)11(14)15/h3-4,7,12-13H,2,5-6H2,1H3,(H,14,15). The van der Waals surface area contributed by atoms with Crippen molar-refractivity contribution in [1.82, 2.24) is 4.72 Å². The quantitative estimate of drug-likeness (QED) is 0.626. The number of rotatable bonds is 7. The molecule has 0 saturated heterocycles. The maximum atomic E-state index is 11.8. The number of nitrogens with one attached hydrogen (secondary N) is 1. The van der Waals surface area contributed by atoms with Crippen molar-refractivity contribution in [3.8, 4) is 5.75 Å². The molecule has 0 bridgehead atoms. The van der Waals surface area contributed by atoms with Crippen LogP contribution in [-0.2, 0) is 14.8 Å². The van der Waals surface area contributed by atoms with Gasteiger partial charge < -0.3 is 14.9 Å². The molecule has 0 heterocycles. The summed E-state index contributed by atoms with van der Waals surface area (Å²) in [4.78, 5) is 10.6. The summed E-state index contributed by atoms with van der Waals surface area (Å²) in [7, 11) is -3.82. The SMILES string of the molecule is CCOCCNS(=O)(=O)c1ccc(O)c(C(=O)O)c1. The van der Waals surface area contributed by atoms with Crippen molar-refractivity contribution in [1.29, 1.82) is 0 Å². The Kier molecular flexibility index (Phi) is 5.28. The molecule has 0 aliphatic rings. The van der Waals surface area contributed by atoms with Gasteiger partial charge in [0, 0.05) is 13.2 Å². The first kappa shape index (κ1) is 15.4. The van der Waals surface area contributed by atoms with E-state index < -0.39 is 27.3 Å². The van der Waals surface area contributed by atoms with Crippen LogP contribution in [0.4, 0.5) is 0 Å². The van der Waals surface area contributed by atoms with Crippen molar-refractivity contribution in [2.45, 2.75) is 11.8 Å². The molecule has 0 amide bonds. The number of phenols is 1. The van der Waals surface area contributed by atoms with Gasteiger partial charge in [0.25, 0.3) is 0 Å². The van der Waals surface area contributed by atoms with Gasteiger partial charge in [-0.2, -0.15) is 0 Å². The second-order valence-corrected chi connectivity index (χ2v) is 5.35. The van der Waals surface area contributed by atoms with Crippen molar-refractivity contribution >= 4 is 16.0 Å². The molecule has 106 valence electrons. The third kappa shape index (κ3) is 4.19. The molecule has 0 spiro atoms. The first-order valence-corrected chi connectivity index (χ1v) is 7.00. The van der Waals surface area contributed by atoms with Crippen LogP contribution >= 0.6 is 0 Å². The van der Waals surface area contributed by atoms with Gasteiger partial charge in [-0.05, 0) is 25.1 Å². The molecule has 1 aromatic rings. The average molecular weight is 289 g/mol. The number of aromatic hydroxyl groups is 1. The van der Waals surface area contributed by atoms with Crippen LogP contribution in [0.25, 0.3) is 0 Å². The van der Waals surface area contributed by atoms with Gasteiger partial charge in [0.05, 0.1) is 11.5 Å². The molecule has 0 aliphatic carbocycles. The molecule has 0 saturated carbocycles. The zero-order valence-electron chi connectivity index (χ0n) is 10.3. The van der Waals surface area contributed by atoms with E-state index in [0.29, 0.717) is 6.61 Å². The predicted molar refractivity (Wildman–Crippen MR) is 66.7 cm³/mol. The molecule has 0 aromatic heterocycles. The Labute approximate surface area is 110 Å². The van der Waals surface area contributed by atoms with Gasteiger partial charge in [0.15, 0.2) is 0 Å². The summed E-state index contributed by atoms with van der Waals surface area (Å²) in [6.07, 6.45) is 0. The van der Waals surface area contributed by atoms with Gasteiger partial charge >= 0.3 is 5.97 Å². The summed E-state index contributed by atoms with van der Waals surface area (Å²) in [5.41, 5.74) is -0.465. The van der Waals surface area contributed by atoms with Crippen LogP contribution in [0.5, 0.6) is 5.75 Å². The minimum Gasteiger partial charge on any atom is -0.507 e. The number of benzene rings is 1. The lowest BCUT2D eigenvalue weighted by Crippen LogP contribution is -2.27. The Morgan fingerprint density at radius 1 is 1.42 bits per heavy atom. The van der Waals surface area contributed by atoms with E-state index in [1.165, 1.54) is 0 Å². The van der Waals surface area contributed by atoms with Gasteiger partial charge in [-0.1, -0.05) is 0 Å². The van der Waals surface area contributed by atoms with E-state index in [2.05, 4.69) is 4.72 Å². The number of sulfonamides is 1. The minimum atomic E-state index is -3.82. The van der Waals surface area contributed by atoms with Crippen LogP contribution in [-0.4, -0.2) is 44.4 Å². The molecule has 0 aliphatic heterocycles. The Morgan fingerprint density at radius 3 is 2.68 bits per heavy atom. The van der Waals surface area contributed by atoms with E-state index in [1.54, 1.807) is 6.92 Å². The highest BCUT2D eigenvalue weighted by atomic mass is 32.2. The lowest BCUT2D eigenvalue weighted by atomic mass is 10.2. The molecule has 0 radical (unpaired) electrons. The molecule has 19 heavy (non-hydrogen) atoms. The Balaban J connectivity index is 2.89. The van der Waals surface area contributed by atoms with Crippen LogP contribution in [0.3, 0.4) is 0 Å². The smallest absolute Gasteiger partial charge is 0.339 e. The van der Waals surface area contributed by atoms with Crippen molar-refractivity contribution in [3.05, 3.63) is 23.8 Å². The maximum Gasteiger partial charge on any atom is 0.339 e. The molecule has 0 unspecified atom stereocenters. The lowest BCUT2D eigenvalue weighted by Gasteiger charge is -2.08. The lowest BCUT2D eigenvalue weighted by molar-refractivity contribution is 0.0693. The topological polar surface area (TPSA) is 113 Å². The van der Waals surface area contributed by atoms with Gasteiger partial charge in [-0.15, -0.1) is 0 Å². The van der Waals surface area contributed by atoms with Crippen molar-refractivity contribution < 1.29 is 28.2 Å². The number of hydrogen-bond donors (Lipinski definition) is 3. The molecular formula is C11H15NO6S. The van der Waals surface area contributed by atoms with Crippen molar-refractivity contribution in [3.63, 3.8) is 0 Å². The van der Waals surface area contributed by atoms with Crippen molar-refractivity contribution in [2.24, 2.45) is 0 Å². The summed E-state index contributed by atoms with van der Waals surface area (Å²) >= 11 is 0. The number of carboxylic acids is 1. The first-order chi connectivity index (χ1) is 8.88. The fourth-order valence-electron chi connectivity index (χ4n) is 1.33. The van der Waals surface area contributed by atoms with Crippen LogP contribution in [0.15, 0.2) is 23.1 Å². The molecular weight excluding hydrogens is 274 g/mol. The first-order valence-electron chi connectivity index (χ1n) is 5.52. The summed E-state index contributed by atoms with van der Waals surface area (Å²) in [5, 5.41) is 18.1. The second kappa shape index (κ2) is 6.50. The highest BCUT2D eigenvalue weighted by Gasteiger charge is 2.18. The van der Waals surface area contributed by atoms with Crippen LogP contribution < -0.4 is 4.72 Å². The van der Waals surface area contributed by atoms with Gasteiger partial charge in [0.1, 0.15) is 11.3 Å². The molecule has 1 aromatic carbocycles. The van der Waals surface area contributed by atoms with Crippen LogP contribution in [0.2, 0.25) is 0 Å². The molecule has 7 nitrogen and oxygen atoms in total. The average Bonchev–Trinajstić information content (AvgIpc) is 2.34. The fourth-order valence-corrected chi connectivity index (χ4v) is 2.37. The van der Waals surface area contributed by atoms with E-state index in [1.807, 2.05) is 0 Å². The fraction of sp³-hybridized carbons (Fsp3) is 0.364. The number of hydrogen-bond acceptors (Lipinski definition) is 5. The van der Waals surface area contributed by atoms with Gasteiger partial charge in [0.2, 0.25) is 10.0 Å². The van der Waals surface area contributed by atoms with Gasteiger partial charge in [-0.25, -0.2) is 17.9 Å². The summed E-state index contributed by atoms with van der Waals surface area (Å²) in [6.45, 7) is 2.57. The number of aromatic carboxylic acids is 1. The third-order valence-electron chi connectivity index (χ3n) is 2.25. The number of ether oxygens (including phenoxy) is 1. The van der Waals surface area contributed by atoms with E-state index in [9.17, 15) is 18.3 Å². The zero-order valence-corrected chi connectivity index (χ0v) is 11.1. The molecule has 3 N–H and O–H groups in total.